The lowest BCUT2D eigenvalue weighted by molar-refractivity contribution is 1.06. The molecule has 0 spiro atoms. The molecule has 0 N–H and O–H groups in total. The number of thiophene rings is 1. The number of benzene rings is 10. The molecule has 71 heavy (non-hydrogen) atoms. The summed E-state index contributed by atoms with van der Waals surface area (Å²) in [7, 11) is 0. The van der Waals surface area contributed by atoms with E-state index < -0.39 is 0 Å². The van der Waals surface area contributed by atoms with Gasteiger partial charge in [0.1, 0.15) is 0 Å². The minimum Gasteiger partial charge on any atom is -0.308 e. The van der Waals surface area contributed by atoms with Gasteiger partial charge < -0.3 is 9.13 Å². The van der Waals surface area contributed by atoms with Crippen molar-refractivity contribution in [2.24, 2.45) is 0 Å². The minimum absolute atomic E-state index is 0.458. The van der Waals surface area contributed by atoms with Gasteiger partial charge in [0.05, 0.1) is 49.8 Å². The third-order valence-electron chi connectivity index (χ3n) is 13.8. The van der Waals surface area contributed by atoms with Gasteiger partial charge in [0, 0.05) is 53.7 Å². The average molecular weight is 923 g/mol. The number of hydrogen-bond donors (Lipinski definition) is 0. The van der Waals surface area contributed by atoms with E-state index in [4.69, 9.17) is 15.0 Å². The summed E-state index contributed by atoms with van der Waals surface area (Å²) < 4.78 is 7.33. The van der Waals surface area contributed by atoms with E-state index in [1.165, 1.54) is 20.2 Å². The van der Waals surface area contributed by atoms with Crippen LogP contribution in [0, 0.1) is 11.3 Å². The highest BCUT2D eigenvalue weighted by molar-refractivity contribution is 7.26. The SMILES string of the molecule is N#Cc1ccc(-n2c3ccccc3c3ccc4c(c5ccccc5n4-c4cccc5c4sc4ccccc45)c32)c(-c2nc(-c3ccccc3-c3ccccc3)nc(-c3ccccc3-c3ccccc3)n2)c1. The van der Waals surface area contributed by atoms with Crippen LogP contribution >= 0.6 is 11.3 Å². The molecule has 0 amide bonds. The Labute approximate surface area is 412 Å². The van der Waals surface area contributed by atoms with Gasteiger partial charge in [-0.05, 0) is 70.8 Å². The molecular weight excluding hydrogens is 885 g/mol. The molecule has 14 rings (SSSR count). The topological polar surface area (TPSA) is 72.3 Å². The van der Waals surface area contributed by atoms with Crippen LogP contribution < -0.4 is 0 Å². The highest BCUT2D eigenvalue weighted by atomic mass is 32.1. The molecule has 0 saturated carbocycles. The predicted octanol–water partition coefficient (Wildman–Crippen LogP) is 16.6. The number of nitrogens with zero attached hydrogens (tertiary/aromatic N) is 6. The van der Waals surface area contributed by atoms with Crippen molar-refractivity contribution >= 4 is 75.1 Å². The summed E-state index contributed by atoms with van der Waals surface area (Å²) in [5, 5.41) is 17.7. The van der Waals surface area contributed by atoms with Crippen LogP contribution in [0.5, 0.6) is 0 Å². The fraction of sp³-hybridized carbons (Fsp3) is 0. The van der Waals surface area contributed by atoms with Crippen molar-refractivity contribution in [2.75, 3.05) is 0 Å². The quantitative estimate of drug-likeness (QED) is 0.160. The second kappa shape index (κ2) is 16.3. The Hall–Kier alpha value is -9.48. The Kier molecular flexibility index (Phi) is 9.34. The normalized spacial score (nSPS) is 11.6. The number of para-hydroxylation sites is 2. The largest absolute Gasteiger partial charge is 0.308 e. The van der Waals surface area contributed by atoms with E-state index in [1.807, 2.05) is 47.7 Å². The van der Waals surface area contributed by atoms with Crippen molar-refractivity contribution in [3.63, 3.8) is 0 Å². The second-order valence-corrected chi connectivity index (χ2v) is 18.8. The first-order valence-electron chi connectivity index (χ1n) is 23.7. The number of fused-ring (bicyclic) bond motifs is 10. The Morgan fingerprint density at radius 1 is 0.366 bits per heavy atom. The molecule has 4 heterocycles. The molecule has 10 aromatic carbocycles. The molecule has 330 valence electrons. The summed E-state index contributed by atoms with van der Waals surface area (Å²) in [6.07, 6.45) is 0. The summed E-state index contributed by atoms with van der Waals surface area (Å²) >= 11 is 1.84. The average Bonchev–Trinajstić information content (AvgIpc) is 4.12. The molecule has 6 nitrogen and oxygen atoms in total. The fourth-order valence-electron chi connectivity index (χ4n) is 10.7. The van der Waals surface area contributed by atoms with Crippen molar-refractivity contribution in [1.29, 1.82) is 5.26 Å². The molecule has 7 heteroatoms. The molecule has 0 aliphatic heterocycles. The Balaban J connectivity index is 1.08. The maximum atomic E-state index is 10.6. The van der Waals surface area contributed by atoms with Gasteiger partial charge >= 0.3 is 0 Å². The zero-order valence-electron chi connectivity index (χ0n) is 38.0. The highest BCUT2D eigenvalue weighted by Crippen LogP contribution is 2.46. The molecule has 0 atom stereocenters. The van der Waals surface area contributed by atoms with E-state index in [0.717, 1.165) is 88.4 Å². The summed E-state index contributed by atoms with van der Waals surface area (Å²) in [6.45, 7) is 0. The number of nitriles is 1. The van der Waals surface area contributed by atoms with Crippen LogP contribution in [0.2, 0.25) is 0 Å². The van der Waals surface area contributed by atoms with Gasteiger partial charge in [-0.3, -0.25) is 0 Å². The highest BCUT2D eigenvalue weighted by Gasteiger charge is 2.26. The van der Waals surface area contributed by atoms with Gasteiger partial charge in [-0.1, -0.05) is 182 Å². The van der Waals surface area contributed by atoms with Crippen molar-refractivity contribution in [1.82, 2.24) is 24.1 Å². The number of aromatic nitrogens is 5. The smallest absolute Gasteiger partial charge is 0.166 e. The van der Waals surface area contributed by atoms with Gasteiger partial charge in [-0.25, -0.2) is 15.0 Å². The predicted molar refractivity (Wildman–Crippen MR) is 293 cm³/mol. The van der Waals surface area contributed by atoms with Gasteiger partial charge in [-0.15, -0.1) is 11.3 Å². The first kappa shape index (κ1) is 40.6. The molecular formula is C64H38N6S. The summed E-state index contributed by atoms with van der Waals surface area (Å²) in [5.41, 5.74) is 13.4. The van der Waals surface area contributed by atoms with Gasteiger partial charge in [0.25, 0.3) is 0 Å². The summed E-state index contributed by atoms with van der Waals surface area (Å²) in [5.74, 6) is 1.52. The molecule has 0 aliphatic carbocycles. The molecule has 0 saturated heterocycles. The maximum absolute atomic E-state index is 10.6. The van der Waals surface area contributed by atoms with Crippen LogP contribution in [-0.4, -0.2) is 24.1 Å². The van der Waals surface area contributed by atoms with E-state index >= 15 is 0 Å². The van der Waals surface area contributed by atoms with Crippen LogP contribution in [0.1, 0.15) is 5.56 Å². The molecule has 4 aromatic heterocycles. The molecule has 0 aliphatic rings. The minimum atomic E-state index is 0.458. The maximum Gasteiger partial charge on any atom is 0.166 e. The molecule has 0 fully saturated rings. The zero-order chi connectivity index (χ0) is 47.0. The monoisotopic (exact) mass is 922 g/mol. The lowest BCUT2D eigenvalue weighted by Crippen LogP contribution is -2.05. The van der Waals surface area contributed by atoms with Crippen molar-refractivity contribution in [2.45, 2.75) is 0 Å². The van der Waals surface area contributed by atoms with E-state index in [9.17, 15) is 5.26 Å². The van der Waals surface area contributed by atoms with Crippen molar-refractivity contribution < 1.29 is 0 Å². The van der Waals surface area contributed by atoms with Crippen molar-refractivity contribution in [3.8, 4) is 73.9 Å². The molecule has 14 aromatic rings. The van der Waals surface area contributed by atoms with Gasteiger partial charge in [-0.2, -0.15) is 5.26 Å². The Morgan fingerprint density at radius 3 is 1.56 bits per heavy atom. The van der Waals surface area contributed by atoms with E-state index in [1.54, 1.807) is 0 Å². The van der Waals surface area contributed by atoms with Crippen LogP contribution in [0.4, 0.5) is 0 Å². The third-order valence-corrected chi connectivity index (χ3v) is 15.1. The van der Waals surface area contributed by atoms with Crippen LogP contribution in [0.25, 0.3) is 132 Å². The third kappa shape index (κ3) is 6.43. The molecule has 0 bridgehead atoms. The fourth-order valence-corrected chi connectivity index (χ4v) is 11.9. The Bertz CT molecular complexity index is 4380. The first-order chi connectivity index (χ1) is 35.2. The number of hydrogen-bond acceptors (Lipinski definition) is 5. The molecule has 0 unspecified atom stereocenters. The lowest BCUT2D eigenvalue weighted by atomic mass is 9.98. The lowest BCUT2D eigenvalue weighted by Gasteiger charge is -2.17. The van der Waals surface area contributed by atoms with E-state index in [2.05, 4.69) is 209 Å². The number of rotatable bonds is 7. The zero-order valence-corrected chi connectivity index (χ0v) is 38.8. The summed E-state index contributed by atoms with van der Waals surface area (Å²) in [4.78, 5) is 16.3. The van der Waals surface area contributed by atoms with Crippen molar-refractivity contribution in [3.05, 3.63) is 236 Å². The van der Waals surface area contributed by atoms with Crippen LogP contribution in [0.15, 0.2) is 231 Å². The standard InChI is InChI=1S/C64H38N6S/c65-39-40-34-36-55(52(38-40)64-67-62(49-26-9-7-22-43(49)41-18-3-1-4-19-41)66-63(68-64)50-27-10-8-23-44(50)42-20-5-2-6-21-42)70-53-30-14-11-24-45(53)47-35-37-56-59(60(47)70)51-28-12-15-31-54(51)69(56)57-32-17-29-48-46-25-13-16-33-58(46)71-61(48)57/h1-38H. The Morgan fingerprint density at radius 2 is 0.901 bits per heavy atom. The van der Waals surface area contributed by atoms with Gasteiger partial charge in [0.2, 0.25) is 0 Å². The van der Waals surface area contributed by atoms with Gasteiger partial charge in [0.15, 0.2) is 17.5 Å². The van der Waals surface area contributed by atoms with E-state index in [-0.39, 0.29) is 0 Å². The first-order valence-corrected chi connectivity index (χ1v) is 24.5. The summed E-state index contributed by atoms with van der Waals surface area (Å²) in [6, 6.07) is 83.0. The van der Waals surface area contributed by atoms with E-state index in [0.29, 0.717) is 28.6 Å². The molecule has 0 radical (unpaired) electrons. The van der Waals surface area contributed by atoms with Crippen LogP contribution in [0.3, 0.4) is 0 Å². The van der Waals surface area contributed by atoms with Crippen LogP contribution in [-0.2, 0) is 0 Å². The second-order valence-electron chi connectivity index (χ2n) is 17.8.